The molecule has 2 aliphatic heterocycles. The zero-order chi connectivity index (χ0) is 28.5. The number of benzene rings is 2. The standard InChI is InChI=1S/2C11H14N.4C2H6.2CH4O.2Ar.H2O.2U.2W/c2*1-3-7-11(8-4-1)12-9-5-2-6-10-12;6*1-2;;;;;;;/h2*1,3-5,7-8H,2,6,9-10H2;4*1-2H3;2*2H,1H3;;;1H2;;;;/q2*-1;;;;;;;;;;;;;. The Balaban J connectivity index is -0.0000000350. The van der Waals surface area contributed by atoms with Gasteiger partial charge in [0, 0.05) is 219 Å². The van der Waals surface area contributed by atoms with Crippen molar-refractivity contribution in [3.63, 3.8) is 0 Å². The van der Waals surface area contributed by atoms with Gasteiger partial charge in [0.15, 0.2) is 0 Å². The smallest absolute Gasteiger partial charge is 0.0341 e. The van der Waals surface area contributed by atoms with Gasteiger partial charge in [0.1, 0.15) is 0 Å². The minimum absolute atomic E-state index is 0. The second kappa shape index (κ2) is 71.8. The van der Waals surface area contributed by atoms with E-state index in [1.807, 2.05) is 55.4 Å². The average molecular weight is 1450 g/mol. The Morgan fingerprint density at radius 1 is 0.512 bits per heavy atom. The molecule has 0 unspecified atom stereocenters. The summed E-state index contributed by atoms with van der Waals surface area (Å²) >= 11 is 0. The summed E-state index contributed by atoms with van der Waals surface area (Å²) in [5.74, 6) is 0. The predicted molar refractivity (Wildman–Crippen MR) is 170 cm³/mol. The Hall–Kier alpha value is 3.92. The molecular formula is C32H62Ar2N2O3U2W2-2. The first-order valence-electron chi connectivity index (χ1n) is 14.1. The molecule has 0 radical (unpaired) electrons. The topological polar surface area (TPSA) is 78.4 Å². The molecule has 2 aliphatic rings. The molecule has 0 aliphatic carbocycles. The van der Waals surface area contributed by atoms with Crippen LogP contribution in [0.15, 0.2) is 60.7 Å². The summed E-state index contributed by atoms with van der Waals surface area (Å²) in [7, 11) is 2.00. The van der Waals surface area contributed by atoms with E-state index in [2.05, 4.69) is 83.3 Å². The number of hydrogen-bond donors (Lipinski definition) is 2. The molecule has 2 aromatic carbocycles. The molecule has 2 fully saturated rings. The van der Waals surface area contributed by atoms with Crippen LogP contribution in [0.5, 0.6) is 0 Å². The van der Waals surface area contributed by atoms with Crippen molar-refractivity contribution in [2.24, 2.45) is 0 Å². The molecule has 2 saturated heterocycles. The summed E-state index contributed by atoms with van der Waals surface area (Å²) in [4.78, 5) is 4.84. The molecule has 256 valence electrons. The van der Waals surface area contributed by atoms with Gasteiger partial charge in [-0.3, -0.25) is 0 Å². The van der Waals surface area contributed by atoms with E-state index in [1.54, 1.807) is 0 Å². The summed E-state index contributed by atoms with van der Waals surface area (Å²) in [6.07, 6.45) is 9.88. The van der Waals surface area contributed by atoms with Crippen LogP contribution in [0.25, 0.3) is 0 Å². The molecule has 2 heterocycles. The van der Waals surface area contributed by atoms with Crippen molar-refractivity contribution in [3.8, 4) is 0 Å². The molecule has 11 heteroatoms. The molecule has 2 aromatic rings. The predicted octanol–water partition coefficient (Wildman–Crippen LogP) is 7.47. The fourth-order valence-corrected chi connectivity index (χ4v) is 3.28. The van der Waals surface area contributed by atoms with Gasteiger partial charge >= 0.3 is 0 Å². The van der Waals surface area contributed by atoms with Gasteiger partial charge in [-0.25, -0.2) is 0 Å². The second-order valence-corrected chi connectivity index (χ2v) is 6.42. The SMILES string of the molecule is CC.CC.CC.CC.CO.CO.O.[Ar].[Ar].[U].[U].[W].[W].c1ccc(N2C[CH-]CCC2)cc1.c1ccc(N2C[CH-]CCC2)cc1. The number of anilines is 2. The normalized spacial score (nSPS) is 10.8. The first kappa shape index (κ1) is 76.7. The summed E-state index contributed by atoms with van der Waals surface area (Å²) in [6, 6.07) is 21.3. The summed E-state index contributed by atoms with van der Waals surface area (Å²) in [5.41, 5.74) is 2.71. The summed E-state index contributed by atoms with van der Waals surface area (Å²) in [6.45, 7) is 20.6. The number of nitrogens with zero attached hydrogens (tertiary/aromatic N) is 2. The molecule has 4 rings (SSSR count). The minimum atomic E-state index is 0. The largest absolute Gasteiger partial charge is 0.412 e. The molecule has 0 atom stereocenters. The fraction of sp³-hybridized carbons (Fsp3) is 0.562. The molecule has 0 saturated carbocycles. The summed E-state index contributed by atoms with van der Waals surface area (Å²) < 4.78 is 0. The van der Waals surface area contributed by atoms with Crippen LogP contribution >= 0.6 is 0 Å². The van der Waals surface area contributed by atoms with Crippen molar-refractivity contribution in [3.05, 3.63) is 73.5 Å². The Kier molecular flexibility index (Phi) is 128. The van der Waals surface area contributed by atoms with Crippen molar-refractivity contribution in [1.82, 2.24) is 0 Å². The van der Waals surface area contributed by atoms with Gasteiger partial charge in [0.05, 0.1) is 0 Å². The Morgan fingerprint density at radius 2 is 0.744 bits per heavy atom. The van der Waals surface area contributed by atoms with Crippen LogP contribution in [0.4, 0.5) is 11.4 Å². The third-order valence-electron chi connectivity index (χ3n) is 4.61. The van der Waals surface area contributed by atoms with Crippen LogP contribution < -0.4 is 9.80 Å². The summed E-state index contributed by atoms with van der Waals surface area (Å²) in [5, 5.41) is 14.0. The number of hydrogen-bond acceptors (Lipinski definition) is 4. The van der Waals surface area contributed by atoms with Crippen LogP contribution in [0, 0.1) is 151 Å². The van der Waals surface area contributed by atoms with E-state index in [9.17, 15) is 0 Å². The minimum Gasteiger partial charge on any atom is -0.412 e. The van der Waals surface area contributed by atoms with E-state index < -0.39 is 0 Å². The molecule has 0 spiro atoms. The van der Waals surface area contributed by atoms with Gasteiger partial charge in [-0.15, -0.1) is 13.1 Å². The van der Waals surface area contributed by atoms with Gasteiger partial charge in [0.25, 0.3) is 0 Å². The van der Waals surface area contributed by atoms with E-state index >= 15 is 0 Å². The molecule has 0 bridgehead atoms. The maximum atomic E-state index is 7.00. The quantitative estimate of drug-likeness (QED) is 0.307. The van der Waals surface area contributed by atoms with Crippen LogP contribution in [0.2, 0.25) is 0 Å². The zero-order valence-corrected chi connectivity index (χ0v) is 44.0. The second-order valence-electron chi connectivity index (χ2n) is 6.42. The van der Waals surface area contributed by atoms with Crippen LogP contribution in [-0.4, -0.2) is 56.1 Å². The fourth-order valence-electron chi connectivity index (χ4n) is 3.28. The van der Waals surface area contributed by atoms with Crippen LogP contribution in [-0.2, 0) is 42.1 Å². The number of aliphatic hydroxyl groups excluding tert-OH is 2. The van der Waals surface area contributed by atoms with Crippen LogP contribution in [0.1, 0.15) is 81.1 Å². The van der Waals surface area contributed by atoms with Crippen molar-refractivity contribution in [1.29, 1.82) is 0 Å². The molecule has 5 nitrogen and oxygen atoms in total. The molecule has 0 amide bonds. The molecule has 0 aromatic heterocycles. The monoisotopic (exact) mass is 1450 g/mol. The molecule has 4 N–H and O–H groups in total. The maximum absolute atomic E-state index is 7.00. The number of para-hydroxylation sites is 2. The third-order valence-corrected chi connectivity index (χ3v) is 4.61. The van der Waals surface area contributed by atoms with Crippen molar-refractivity contribution >= 4 is 11.4 Å². The average Bonchev–Trinajstić information content (AvgIpc) is 3.05. The Bertz CT molecular complexity index is 552. The molecule has 43 heavy (non-hydrogen) atoms. The Labute approximate surface area is 404 Å². The first-order valence-corrected chi connectivity index (χ1v) is 14.1. The van der Waals surface area contributed by atoms with Crippen molar-refractivity contribution in [2.45, 2.75) is 81.1 Å². The van der Waals surface area contributed by atoms with E-state index in [-0.39, 0.29) is 185 Å². The van der Waals surface area contributed by atoms with Crippen LogP contribution in [0.3, 0.4) is 0 Å². The third kappa shape index (κ3) is 45.9. The van der Waals surface area contributed by atoms with Gasteiger partial charge in [-0.2, -0.15) is 12.8 Å². The van der Waals surface area contributed by atoms with E-state index in [0.717, 1.165) is 27.3 Å². The van der Waals surface area contributed by atoms with Gasteiger partial charge in [0.2, 0.25) is 0 Å². The van der Waals surface area contributed by atoms with Crippen molar-refractivity contribution in [2.75, 3.05) is 50.2 Å². The maximum Gasteiger partial charge on any atom is 0.0341 e. The van der Waals surface area contributed by atoms with E-state index in [1.165, 1.54) is 50.1 Å². The van der Waals surface area contributed by atoms with E-state index in [0.29, 0.717) is 0 Å². The first-order chi connectivity index (χ1) is 17.9. The van der Waals surface area contributed by atoms with Crippen molar-refractivity contribution < 1.29 is 196 Å². The molecular weight excluding hydrogens is 1380 g/mol. The van der Waals surface area contributed by atoms with Gasteiger partial charge < -0.3 is 38.3 Å². The number of aliphatic hydroxyl groups is 2. The number of rotatable bonds is 2. The number of piperidine rings is 2. The van der Waals surface area contributed by atoms with Gasteiger partial charge in [-0.05, 0) is 24.3 Å². The van der Waals surface area contributed by atoms with Gasteiger partial charge in [-0.1, -0.05) is 105 Å². The van der Waals surface area contributed by atoms with E-state index in [4.69, 9.17) is 10.2 Å². The zero-order valence-electron chi connectivity index (χ0n) is 28.4. The Morgan fingerprint density at radius 3 is 0.930 bits per heavy atom.